The molecule has 3 rings (SSSR count). The minimum absolute atomic E-state index is 0.324. The molecule has 5 nitrogen and oxygen atoms in total. The lowest BCUT2D eigenvalue weighted by molar-refractivity contribution is -0.0825. The Bertz CT molecular complexity index is 499. The van der Waals surface area contributed by atoms with Crippen molar-refractivity contribution < 1.29 is 8.96 Å². The van der Waals surface area contributed by atoms with E-state index in [2.05, 4.69) is 15.0 Å². The van der Waals surface area contributed by atoms with Crippen LogP contribution in [0.4, 0.5) is 8.96 Å². The lowest BCUT2D eigenvalue weighted by Gasteiger charge is -2.25. The van der Waals surface area contributed by atoms with Crippen molar-refractivity contribution in [2.45, 2.75) is 12.5 Å². The molecule has 1 aromatic rings. The molecule has 0 spiro atoms. The van der Waals surface area contributed by atoms with E-state index in [0.717, 1.165) is 12.0 Å². The van der Waals surface area contributed by atoms with Crippen LogP contribution in [0.1, 0.15) is 18.0 Å². The van der Waals surface area contributed by atoms with Crippen molar-refractivity contribution in [2.24, 2.45) is 9.98 Å². The zero-order valence-electron chi connectivity index (χ0n) is 9.50. The summed E-state index contributed by atoms with van der Waals surface area (Å²) in [6, 6.07) is 3.10. The van der Waals surface area contributed by atoms with Gasteiger partial charge in [0.15, 0.2) is 0 Å². The Kier molecular flexibility index (Phi) is 2.66. The summed E-state index contributed by atoms with van der Waals surface area (Å²) in [6.45, 7) is 1.19. The van der Waals surface area contributed by atoms with E-state index < -0.39 is 11.4 Å². The van der Waals surface area contributed by atoms with Gasteiger partial charge in [0.05, 0.1) is 0 Å². The van der Waals surface area contributed by atoms with Gasteiger partial charge in [0, 0.05) is 25.5 Å². The Morgan fingerprint density at radius 3 is 2.78 bits per heavy atom. The summed E-state index contributed by atoms with van der Waals surface area (Å²) >= 11 is 0. The summed E-state index contributed by atoms with van der Waals surface area (Å²) in [5, 5.41) is -0.942. The van der Waals surface area contributed by atoms with Gasteiger partial charge in [-0.25, -0.2) is 4.99 Å². The Hall–Kier alpha value is -2.05. The van der Waals surface area contributed by atoms with Crippen molar-refractivity contribution in [1.82, 2.24) is 15.2 Å². The minimum Gasteiger partial charge on any atom is -0.294 e. The highest BCUT2D eigenvalue weighted by Gasteiger charge is 2.38. The molecule has 0 fully saturated rings. The average molecular weight is 251 g/mol. The van der Waals surface area contributed by atoms with Gasteiger partial charge in [0.1, 0.15) is 11.9 Å². The minimum atomic E-state index is -0.942. The van der Waals surface area contributed by atoms with Crippen LogP contribution < -0.4 is 0 Å². The zero-order valence-corrected chi connectivity index (χ0v) is 9.50. The molecule has 2 aliphatic rings. The van der Waals surface area contributed by atoms with Gasteiger partial charge in [0.2, 0.25) is 0 Å². The molecule has 0 aliphatic carbocycles. The SMILES string of the molecule is FN(F)C1=NC(c2ccncc2)C2=NCCCN21. The Morgan fingerprint density at radius 2 is 2.06 bits per heavy atom. The Labute approximate surface area is 102 Å². The van der Waals surface area contributed by atoms with Crippen LogP contribution in [0.5, 0.6) is 0 Å². The third kappa shape index (κ3) is 1.71. The van der Waals surface area contributed by atoms with E-state index in [1.165, 1.54) is 4.90 Å². The van der Waals surface area contributed by atoms with Crippen molar-refractivity contribution in [2.75, 3.05) is 13.1 Å². The summed E-state index contributed by atoms with van der Waals surface area (Å²) in [6.07, 6.45) is 4.01. The number of pyridine rings is 1. The maximum absolute atomic E-state index is 12.8. The van der Waals surface area contributed by atoms with E-state index in [0.29, 0.717) is 18.9 Å². The van der Waals surface area contributed by atoms with Crippen molar-refractivity contribution in [1.29, 1.82) is 0 Å². The molecule has 7 heteroatoms. The third-order valence-electron chi connectivity index (χ3n) is 2.99. The number of aliphatic imine (C=N–C) groups is 2. The van der Waals surface area contributed by atoms with E-state index in [1.807, 2.05) is 0 Å². The van der Waals surface area contributed by atoms with Gasteiger partial charge < -0.3 is 0 Å². The number of hydrogen-bond acceptors (Lipinski definition) is 5. The maximum atomic E-state index is 12.8. The van der Waals surface area contributed by atoms with Crippen molar-refractivity contribution >= 4 is 11.8 Å². The van der Waals surface area contributed by atoms with Gasteiger partial charge in [-0.1, -0.05) is 8.96 Å². The fourth-order valence-corrected chi connectivity index (χ4v) is 2.21. The van der Waals surface area contributed by atoms with Crippen LogP contribution in [0, 0.1) is 0 Å². The molecule has 0 saturated carbocycles. The van der Waals surface area contributed by atoms with Crippen LogP contribution in [0.3, 0.4) is 0 Å². The molecular weight excluding hydrogens is 240 g/mol. The lowest BCUT2D eigenvalue weighted by Crippen LogP contribution is -2.41. The summed E-state index contributed by atoms with van der Waals surface area (Å²) in [4.78, 5) is 13.8. The topological polar surface area (TPSA) is 44.1 Å². The molecule has 0 radical (unpaired) electrons. The zero-order chi connectivity index (χ0) is 12.5. The van der Waals surface area contributed by atoms with E-state index in [-0.39, 0.29) is 5.96 Å². The average Bonchev–Trinajstić information content (AvgIpc) is 2.79. The molecule has 18 heavy (non-hydrogen) atoms. The monoisotopic (exact) mass is 251 g/mol. The first-order chi connectivity index (χ1) is 8.77. The second-order valence-electron chi connectivity index (χ2n) is 4.09. The standard InChI is InChI=1S/C11H11F2N5/c12-18(13)11-16-9(8-2-5-14-6-3-8)10-15-4-1-7-17(10)11/h2-3,5-6,9H,1,4,7H2. The highest BCUT2D eigenvalue weighted by atomic mass is 19.4. The van der Waals surface area contributed by atoms with Crippen molar-refractivity contribution in [3.63, 3.8) is 0 Å². The van der Waals surface area contributed by atoms with Gasteiger partial charge >= 0.3 is 0 Å². The van der Waals surface area contributed by atoms with Gasteiger partial charge in [-0.3, -0.25) is 14.9 Å². The van der Waals surface area contributed by atoms with Crippen LogP contribution in [0.2, 0.25) is 0 Å². The first kappa shape index (κ1) is 11.1. The predicted molar refractivity (Wildman–Crippen MR) is 62.1 cm³/mol. The van der Waals surface area contributed by atoms with Gasteiger partial charge in [-0.2, -0.15) is 0 Å². The predicted octanol–water partition coefficient (Wildman–Crippen LogP) is 1.67. The second kappa shape index (κ2) is 4.32. The first-order valence-electron chi connectivity index (χ1n) is 5.68. The number of rotatable bonds is 1. The van der Waals surface area contributed by atoms with Crippen molar-refractivity contribution in [3.05, 3.63) is 30.1 Å². The molecule has 1 unspecified atom stereocenters. The lowest BCUT2D eigenvalue weighted by atomic mass is 10.1. The molecule has 0 bridgehead atoms. The molecule has 94 valence electrons. The van der Waals surface area contributed by atoms with Crippen LogP contribution >= 0.6 is 0 Å². The molecule has 1 aromatic heterocycles. The molecule has 1 atom stereocenters. The number of nitrogens with zero attached hydrogens (tertiary/aromatic N) is 5. The number of amidine groups is 1. The Balaban J connectivity index is 2.01. The maximum Gasteiger partial charge on any atom is 0.266 e. The molecule has 0 amide bonds. The Morgan fingerprint density at radius 1 is 1.28 bits per heavy atom. The summed E-state index contributed by atoms with van der Waals surface area (Å²) in [7, 11) is 0. The van der Waals surface area contributed by atoms with E-state index in [1.54, 1.807) is 24.5 Å². The van der Waals surface area contributed by atoms with E-state index in [4.69, 9.17) is 0 Å². The summed E-state index contributed by atoms with van der Waals surface area (Å²) in [5.74, 6) is 0.276. The van der Waals surface area contributed by atoms with Gasteiger partial charge in [-0.05, 0) is 29.5 Å². The van der Waals surface area contributed by atoms with Gasteiger partial charge in [-0.15, -0.1) is 0 Å². The highest BCUT2D eigenvalue weighted by molar-refractivity contribution is 6.07. The van der Waals surface area contributed by atoms with Crippen LogP contribution in [-0.4, -0.2) is 40.1 Å². The molecule has 0 N–H and O–H groups in total. The molecule has 3 heterocycles. The fourth-order valence-electron chi connectivity index (χ4n) is 2.21. The van der Waals surface area contributed by atoms with E-state index >= 15 is 0 Å². The van der Waals surface area contributed by atoms with E-state index in [9.17, 15) is 8.96 Å². The summed E-state index contributed by atoms with van der Waals surface area (Å²) in [5.41, 5.74) is 0.826. The first-order valence-corrected chi connectivity index (χ1v) is 5.68. The van der Waals surface area contributed by atoms with Crippen molar-refractivity contribution in [3.8, 4) is 0 Å². The molecule has 0 saturated heterocycles. The number of fused-ring (bicyclic) bond motifs is 1. The number of halogens is 2. The van der Waals surface area contributed by atoms with Crippen LogP contribution in [-0.2, 0) is 0 Å². The molecule has 2 aliphatic heterocycles. The summed E-state index contributed by atoms with van der Waals surface area (Å²) < 4.78 is 25.6. The number of hydrogen-bond donors (Lipinski definition) is 0. The van der Waals surface area contributed by atoms with Gasteiger partial charge in [0.25, 0.3) is 5.96 Å². The third-order valence-corrected chi connectivity index (χ3v) is 2.99. The largest absolute Gasteiger partial charge is 0.294 e. The fraction of sp³-hybridized carbons (Fsp3) is 0.364. The quantitative estimate of drug-likeness (QED) is 0.713. The highest BCUT2D eigenvalue weighted by Crippen LogP contribution is 2.30. The van der Waals surface area contributed by atoms with Crippen LogP contribution in [0.25, 0.3) is 0 Å². The molecule has 0 aromatic carbocycles. The van der Waals surface area contributed by atoms with Crippen LogP contribution in [0.15, 0.2) is 34.5 Å². The number of aromatic nitrogens is 1. The smallest absolute Gasteiger partial charge is 0.266 e. The second-order valence-corrected chi connectivity index (χ2v) is 4.09. The molecular formula is C11H11F2N5. The normalized spacial score (nSPS) is 22.3. The number of guanidine groups is 1.